The van der Waals surface area contributed by atoms with E-state index in [0.29, 0.717) is 30.8 Å². The molecule has 3 aromatic carbocycles. The van der Waals surface area contributed by atoms with Crippen molar-refractivity contribution in [2.45, 2.75) is 12.8 Å². The number of amides is 2. The maximum atomic E-state index is 13.2. The lowest BCUT2D eigenvalue weighted by atomic mass is 9.95. The molecular formula is C25H27N3O4S. The number of sulfonamides is 1. The molecule has 7 nitrogen and oxygen atoms in total. The number of anilines is 1. The lowest BCUT2D eigenvalue weighted by Gasteiger charge is -2.32. The second kappa shape index (κ2) is 10.0. The lowest BCUT2D eigenvalue weighted by molar-refractivity contribution is -0.126. The fourth-order valence-electron chi connectivity index (χ4n) is 4.15. The molecular weight excluding hydrogens is 438 g/mol. The number of hydrogen-bond acceptors (Lipinski definition) is 4. The predicted octanol–water partition coefficient (Wildman–Crippen LogP) is 3.25. The first kappa shape index (κ1) is 22.8. The Morgan fingerprint density at radius 3 is 2.48 bits per heavy atom. The van der Waals surface area contributed by atoms with Gasteiger partial charge in [0.1, 0.15) is 0 Å². The van der Waals surface area contributed by atoms with Crippen molar-refractivity contribution in [1.29, 1.82) is 0 Å². The number of fused-ring (bicyclic) bond motifs is 1. The van der Waals surface area contributed by atoms with E-state index in [1.807, 2.05) is 42.5 Å². The fourth-order valence-corrected chi connectivity index (χ4v) is 5.12. The van der Waals surface area contributed by atoms with Gasteiger partial charge in [-0.2, -0.15) is 0 Å². The molecule has 2 N–H and O–H groups in total. The van der Waals surface area contributed by atoms with Crippen LogP contribution in [0.3, 0.4) is 0 Å². The van der Waals surface area contributed by atoms with Crippen molar-refractivity contribution in [1.82, 2.24) is 10.2 Å². The quantitative estimate of drug-likeness (QED) is 0.560. The highest BCUT2D eigenvalue weighted by Crippen LogP contribution is 2.23. The van der Waals surface area contributed by atoms with Crippen LogP contribution in [0.5, 0.6) is 0 Å². The number of likely N-dealkylation sites (tertiary alicyclic amines) is 1. The highest BCUT2D eigenvalue weighted by molar-refractivity contribution is 7.92. The normalized spacial score (nSPS) is 16.4. The molecule has 3 aromatic rings. The van der Waals surface area contributed by atoms with Gasteiger partial charge in [0.05, 0.1) is 11.7 Å². The van der Waals surface area contributed by atoms with E-state index in [2.05, 4.69) is 10.0 Å². The van der Waals surface area contributed by atoms with Crippen LogP contribution in [-0.2, 0) is 14.8 Å². The molecule has 1 heterocycles. The van der Waals surface area contributed by atoms with Crippen LogP contribution in [0.25, 0.3) is 10.8 Å². The summed E-state index contributed by atoms with van der Waals surface area (Å²) in [5, 5.41) is 4.62. The van der Waals surface area contributed by atoms with Gasteiger partial charge in [0.25, 0.3) is 5.91 Å². The Bertz CT molecular complexity index is 1240. The van der Waals surface area contributed by atoms with Crippen molar-refractivity contribution in [2.75, 3.05) is 30.1 Å². The van der Waals surface area contributed by atoms with E-state index in [1.54, 1.807) is 35.2 Å². The summed E-state index contributed by atoms with van der Waals surface area (Å²) in [5.74, 6) is -0.888. The Balaban J connectivity index is 1.33. The van der Waals surface area contributed by atoms with Crippen LogP contribution in [0.15, 0.2) is 72.8 Å². The van der Waals surface area contributed by atoms with E-state index >= 15 is 0 Å². The average molecular weight is 466 g/mol. The summed E-state index contributed by atoms with van der Waals surface area (Å²) in [6.45, 7) is 0.929. The van der Waals surface area contributed by atoms with Crippen molar-refractivity contribution in [3.8, 4) is 0 Å². The minimum Gasteiger partial charge on any atom is -0.355 e. The molecule has 0 spiro atoms. The first-order valence-corrected chi connectivity index (χ1v) is 12.7. The van der Waals surface area contributed by atoms with Crippen LogP contribution in [-0.4, -0.2) is 50.5 Å². The highest BCUT2D eigenvalue weighted by atomic mass is 32.2. The largest absolute Gasteiger partial charge is 0.355 e. The molecule has 33 heavy (non-hydrogen) atoms. The Morgan fingerprint density at radius 2 is 1.67 bits per heavy atom. The maximum Gasteiger partial charge on any atom is 0.254 e. The Morgan fingerprint density at radius 1 is 0.939 bits per heavy atom. The van der Waals surface area contributed by atoms with Crippen molar-refractivity contribution in [3.05, 3.63) is 78.4 Å². The fraction of sp³-hybridized carbons (Fsp3) is 0.280. The third kappa shape index (κ3) is 5.70. The average Bonchev–Trinajstić information content (AvgIpc) is 2.83. The van der Waals surface area contributed by atoms with Crippen LogP contribution < -0.4 is 10.0 Å². The molecule has 1 saturated heterocycles. The van der Waals surface area contributed by atoms with Gasteiger partial charge in [-0.1, -0.05) is 54.6 Å². The van der Waals surface area contributed by atoms with Gasteiger partial charge in [0.2, 0.25) is 15.9 Å². The zero-order chi connectivity index (χ0) is 23.3. The first-order chi connectivity index (χ1) is 15.9. The lowest BCUT2D eigenvalue weighted by Crippen LogP contribution is -2.46. The van der Waals surface area contributed by atoms with E-state index < -0.39 is 10.0 Å². The minimum absolute atomic E-state index is 0.00870. The molecule has 4 rings (SSSR count). The van der Waals surface area contributed by atoms with Crippen LogP contribution in [0, 0.1) is 5.92 Å². The summed E-state index contributed by atoms with van der Waals surface area (Å²) in [6.07, 6.45) is 1.39. The van der Waals surface area contributed by atoms with Gasteiger partial charge in [0.15, 0.2) is 0 Å². The minimum atomic E-state index is -3.57. The second-order valence-corrected chi connectivity index (χ2v) is 10.0. The van der Waals surface area contributed by atoms with Gasteiger partial charge in [-0.3, -0.25) is 14.3 Å². The molecule has 1 atom stereocenters. The van der Waals surface area contributed by atoms with Gasteiger partial charge in [0, 0.05) is 30.9 Å². The number of piperidine rings is 1. The number of hydrogen-bond donors (Lipinski definition) is 2. The van der Waals surface area contributed by atoms with Crippen molar-refractivity contribution >= 4 is 38.3 Å². The zero-order valence-corrected chi connectivity index (χ0v) is 19.1. The van der Waals surface area contributed by atoms with Crippen molar-refractivity contribution in [3.63, 3.8) is 0 Å². The number of para-hydroxylation sites is 1. The molecule has 0 radical (unpaired) electrons. The Hall–Kier alpha value is -3.39. The number of carbonyl (C=O) groups excluding carboxylic acids is 2. The third-order valence-electron chi connectivity index (χ3n) is 5.82. The number of rotatable bonds is 7. The summed E-state index contributed by atoms with van der Waals surface area (Å²) in [6, 6.07) is 22.0. The third-order valence-corrected chi connectivity index (χ3v) is 7.10. The topological polar surface area (TPSA) is 95.6 Å². The predicted molar refractivity (Wildman–Crippen MR) is 129 cm³/mol. The molecule has 1 unspecified atom stereocenters. The summed E-state index contributed by atoms with van der Waals surface area (Å²) in [5.41, 5.74) is 1.12. The molecule has 0 aromatic heterocycles. The van der Waals surface area contributed by atoms with Crippen molar-refractivity contribution in [2.24, 2.45) is 5.92 Å². The first-order valence-electron chi connectivity index (χ1n) is 11.0. The van der Waals surface area contributed by atoms with Crippen LogP contribution in [0.4, 0.5) is 5.69 Å². The molecule has 1 aliphatic rings. The number of nitrogens with zero attached hydrogens (tertiary/aromatic N) is 1. The Kier molecular flexibility index (Phi) is 6.93. The molecule has 0 bridgehead atoms. The standard InChI is InChI=1S/C25H27N3O4S/c29-24(26-15-17-33(31,32)27-21-11-2-1-3-12-21)20-10-7-16-28(18-20)25(30)23-14-6-9-19-8-4-5-13-22(19)23/h1-6,8-9,11-14,20,27H,7,10,15-18H2,(H,26,29). The molecule has 2 amide bonds. The molecule has 0 saturated carbocycles. The van der Waals surface area contributed by atoms with Gasteiger partial charge >= 0.3 is 0 Å². The summed E-state index contributed by atoms with van der Waals surface area (Å²) < 4.78 is 27.0. The summed E-state index contributed by atoms with van der Waals surface area (Å²) in [7, 11) is -3.57. The van der Waals surface area contributed by atoms with Crippen LogP contribution >= 0.6 is 0 Å². The smallest absolute Gasteiger partial charge is 0.254 e. The van der Waals surface area contributed by atoms with Gasteiger partial charge in [-0.15, -0.1) is 0 Å². The summed E-state index contributed by atoms with van der Waals surface area (Å²) >= 11 is 0. The Labute approximate surface area is 193 Å². The molecule has 172 valence electrons. The van der Waals surface area contributed by atoms with Crippen molar-refractivity contribution < 1.29 is 18.0 Å². The molecule has 0 aliphatic carbocycles. The van der Waals surface area contributed by atoms with Crippen LogP contribution in [0.2, 0.25) is 0 Å². The van der Waals surface area contributed by atoms with Gasteiger partial charge in [-0.25, -0.2) is 8.42 Å². The monoisotopic (exact) mass is 465 g/mol. The molecule has 1 fully saturated rings. The SMILES string of the molecule is O=C(NCCS(=O)(=O)Nc1ccccc1)C1CCCN(C(=O)c2cccc3ccccc23)C1. The van der Waals surface area contributed by atoms with E-state index in [1.165, 1.54) is 0 Å². The van der Waals surface area contributed by atoms with Gasteiger partial charge < -0.3 is 10.2 Å². The van der Waals surface area contributed by atoms with E-state index in [9.17, 15) is 18.0 Å². The molecule has 1 aliphatic heterocycles. The van der Waals surface area contributed by atoms with Gasteiger partial charge in [-0.05, 0) is 41.8 Å². The number of nitrogens with one attached hydrogen (secondary N) is 2. The zero-order valence-electron chi connectivity index (χ0n) is 18.2. The van der Waals surface area contributed by atoms with E-state index in [0.717, 1.165) is 17.2 Å². The number of carbonyl (C=O) groups is 2. The highest BCUT2D eigenvalue weighted by Gasteiger charge is 2.29. The second-order valence-electron chi connectivity index (χ2n) is 8.20. The maximum absolute atomic E-state index is 13.2. The van der Waals surface area contributed by atoms with Crippen LogP contribution in [0.1, 0.15) is 23.2 Å². The molecule has 8 heteroatoms. The van der Waals surface area contributed by atoms with E-state index in [-0.39, 0.29) is 30.0 Å². The summed E-state index contributed by atoms with van der Waals surface area (Å²) in [4.78, 5) is 27.6. The number of benzene rings is 3. The van der Waals surface area contributed by atoms with E-state index in [4.69, 9.17) is 0 Å².